The summed E-state index contributed by atoms with van der Waals surface area (Å²) in [6, 6.07) is 19.5. The van der Waals surface area contributed by atoms with Gasteiger partial charge in [0, 0.05) is 22.4 Å². The van der Waals surface area contributed by atoms with E-state index in [2.05, 4.69) is 10.3 Å². The van der Waals surface area contributed by atoms with Crippen molar-refractivity contribution in [2.45, 2.75) is 13.8 Å². The topological polar surface area (TPSA) is 42.0 Å². The summed E-state index contributed by atoms with van der Waals surface area (Å²) in [5, 5.41) is 2.88. The van der Waals surface area contributed by atoms with E-state index >= 15 is 0 Å². The molecule has 1 N–H and O–H groups in total. The first-order valence-electron chi connectivity index (χ1n) is 8.34. The summed E-state index contributed by atoms with van der Waals surface area (Å²) in [5.41, 5.74) is 4.66. The third-order valence-electron chi connectivity index (χ3n) is 4.10. The van der Waals surface area contributed by atoms with Crippen LogP contribution in [-0.2, 0) is 4.79 Å². The minimum Gasteiger partial charge on any atom is -0.322 e. The van der Waals surface area contributed by atoms with Crippen LogP contribution in [0.15, 0.2) is 78.4 Å². The van der Waals surface area contributed by atoms with Crippen LogP contribution < -0.4 is 5.32 Å². The van der Waals surface area contributed by atoms with E-state index in [9.17, 15) is 9.18 Å². The number of anilines is 1. The van der Waals surface area contributed by atoms with E-state index in [4.69, 9.17) is 0 Å². The molecule has 3 nitrogen and oxygen atoms in total. The molecule has 0 bridgehead atoms. The minimum absolute atomic E-state index is 0.127. The average Bonchev–Trinajstić information content (AvgIpc) is 2.68. The molecule has 3 aromatic rings. The highest BCUT2D eigenvalue weighted by atomic mass is 19.1. The number of rotatable bonds is 4. The van der Waals surface area contributed by atoms with Gasteiger partial charge in [-0.15, -0.1) is 0 Å². The summed E-state index contributed by atoms with van der Waals surface area (Å²) in [6.45, 7) is 3.60. The molecule has 1 aromatic heterocycles. The Bertz CT molecular complexity index is 962. The van der Waals surface area contributed by atoms with Gasteiger partial charge in [0.1, 0.15) is 5.82 Å². The monoisotopic (exact) mass is 346 g/mol. The molecule has 0 aliphatic rings. The lowest BCUT2D eigenvalue weighted by Gasteiger charge is -2.09. The van der Waals surface area contributed by atoms with Crippen molar-refractivity contribution in [1.82, 2.24) is 4.98 Å². The Morgan fingerprint density at radius 2 is 1.62 bits per heavy atom. The number of allylic oxidation sites excluding steroid dienone is 1. The second kappa shape index (κ2) is 7.74. The van der Waals surface area contributed by atoms with E-state index in [0.717, 1.165) is 22.5 Å². The van der Waals surface area contributed by atoms with Crippen molar-refractivity contribution in [2.24, 2.45) is 0 Å². The van der Waals surface area contributed by atoms with Gasteiger partial charge < -0.3 is 5.32 Å². The number of carbonyl (C=O) groups is 1. The van der Waals surface area contributed by atoms with Gasteiger partial charge in [-0.3, -0.25) is 4.79 Å². The van der Waals surface area contributed by atoms with Crippen LogP contribution >= 0.6 is 0 Å². The number of hydrogen-bond acceptors (Lipinski definition) is 2. The Kier molecular flexibility index (Phi) is 5.23. The molecule has 0 radical (unpaired) electrons. The quantitative estimate of drug-likeness (QED) is 0.637. The number of nitrogens with zero attached hydrogens (tertiary/aromatic N) is 1. The Morgan fingerprint density at radius 1 is 0.962 bits per heavy atom. The lowest BCUT2D eigenvalue weighted by atomic mass is 10.1. The molecule has 26 heavy (non-hydrogen) atoms. The molecule has 0 atom stereocenters. The molecule has 1 heterocycles. The van der Waals surface area contributed by atoms with E-state index < -0.39 is 0 Å². The fourth-order valence-electron chi connectivity index (χ4n) is 2.49. The van der Waals surface area contributed by atoms with E-state index in [0.29, 0.717) is 11.3 Å². The molecule has 130 valence electrons. The lowest BCUT2D eigenvalue weighted by molar-refractivity contribution is -0.112. The summed E-state index contributed by atoms with van der Waals surface area (Å²) in [5.74, 6) is -0.401. The number of aromatic nitrogens is 1. The Hall–Kier alpha value is -3.27. The van der Waals surface area contributed by atoms with Gasteiger partial charge >= 0.3 is 0 Å². The zero-order valence-electron chi connectivity index (χ0n) is 14.7. The number of pyridine rings is 1. The summed E-state index contributed by atoms with van der Waals surface area (Å²) < 4.78 is 13.1. The Balaban J connectivity index is 1.90. The van der Waals surface area contributed by atoms with Gasteiger partial charge in [-0.2, -0.15) is 0 Å². The lowest BCUT2D eigenvalue weighted by Crippen LogP contribution is -2.12. The van der Waals surface area contributed by atoms with Crippen molar-refractivity contribution >= 4 is 11.6 Å². The number of halogens is 1. The predicted octanol–water partition coefficient (Wildman–Crippen LogP) is 5.46. The van der Waals surface area contributed by atoms with Gasteiger partial charge in [-0.25, -0.2) is 9.37 Å². The Morgan fingerprint density at radius 3 is 2.31 bits per heavy atom. The Labute approximate surface area is 152 Å². The van der Waals surface area contributed by atoms with Gasteiger partial charge in [0.25, 0.3) is 5.91 Å². The van der Waals surface area contributed by atoms with Crippen molar-refractivity contribution in [3.05, 3.63) is 84.2 Å². The van der Waals surface area contributed by atoms with Crippen LogP contribution in [0.1, 0.15) is 13.8 Å². The zero-order chi connectivity index (χ0) is 18.5. The molecular formula is C22H19FN2O. The average molecular weight is 346 g/mol. The standard InChI is InChI=1S/C22H19FN2O/c1-3-15(2)22(26)24-19-7-4-6-17(14-19)21-9-5-8-20(25-21)16-10-12-18(23)13-11-16/h3-14H,1-2H3,(H,24,26)/b15-3+. The maximum atomic E-state index is 13.1. The van der Waals surface area contributed by atoms with E-state index in [1.54, 1.807) is 25.1 Å². The maximum absolute atomic E-state index is 13.1. The number of benzene rings is 2. The summed E-state index contributed by atoms with van der Waals surface area (Å²) in [7, 11) is 0. The largest absolute Gasteiger partial charge is 0.322 e. The van der Waals surface area contributed by atoms with Crippen molar-refractivity contribution in [1.29, 1.82) is 0 Å². The van der Waals surface area contributed by atoms with Gasteiger partial charge in [-0.05, 0) is 62.4 Å². The first kappa shape index (κ1) is 17.5. The van der Waals surface area contributed by atoms with Crippen LogP contribution in [-0.4, -0.2) is 10.9 Å². The smallest absolute Gasteiger partial charge is 0.250 e. The summed E-state index contributed by atoms with van der Waals surface area (Å²) >= 11 is 0. The number of nitrogens with one attached hydrogen (secondary N) is 1. The fourth-order valence-corrected chi connectivity index (χ4v) is 2.49. The van der Waals surface area contributed by atoms with Gasteiger partial charge in [0.15, 0.2) is 0 Å². The molecule has 3 rings (SSSR count). The summed E-state index contributed by atoms with van der Waals surface area (Å²) in [6.07, 6.45) is 1.77. The molecule has 2 aromatic carbocycles. The molecule has 4 heteroatoms. The molecule has 0 aliphatic carbocycles. The van der Waals surface area contributed by atoms with Crippen LogP contribution in [0.2, 0.25) is 0 Å². The highest BCUT2D eigenvalue weighted by Gasteiger charge is 2.07. The predicted molar refractivity (Wildman–Crippen MR) is 103 cm³/mol. The SMILES string of the molecule is C/C=C(\C)C(=O)Nc1cccc(-c2cccc(-c3ccc(F)cc3)n2)c1. The van der Waals surface area contributed by atoms with Gasteiger partial charge in [-0.1, -0.05) is 24.3 Å². The zero-order valence-corrected chi connectivity index (χ0v) is 14.7. The van der Waals surface area contributed by atoms with Gasteiger partial charge in [0.05, 0.1) is 11.4 Å². The van der Waals surface area contributed by atoms with Crippen molar-refractivity contribution in [2.75, 3.05) is 5.32 Å². The third kappa shape index (κ3) is 4.03. The molecule has 0 saturated carbocycles. The highest BCUT2D eigenvalue weighted by Crippen LogP contribution is 2.25. The number of amides is 1. The second-order valence-electron chi connectivity index (χ2n) is 5.92. The first-order chi connectivity index (χ1) is 12.6. The number of carbonyl (C=O) groups excluding carboxylic acids is 1. The van der Waals surface area contributed by atoms with Gasteiger partial charge in [0.2, 0.25) is 0 Å². The number of hydrogen-bond donors (Lipinski definition) is 1. The van der Waals surface area contributed by atoms with Crippen LogP contribution in [0, 0.1) is 5.82 Å². The van der Waals surface area contributed by atoms with Crippen molar-refractivity contribution < 1.29 is 9.18 Å². The van der Waals surface area contributed by atoms with Crippen molar-refractivity contribution in [3.8, 4) is 22.5 Å². The molecular weight excluding hydrogens is 327 g/mol. The summed E-state index contributed by atoms with van der Waals surface area (Å²) in [4.78, 5) is 16.7. The van der Waals surface area contributed by atoms with E-state index in [1.807, 2.05) is 49.4 Å². The normalized spacial score (nSPS) is 11.3. The molecule has 1 amide bonds. The van der Waals surface area contributed by atoms with E-state index in [-0.39, 0.29) is 11.7 Å². The molecule has 0 aliphatic heterocycles. The highest BCUT2D eigenvalue weighted by molar-refractivity contribution is 6.03. The van der Waals surface area contributed by atoms with E-state index in [1.165, 1.54) is 12.1 Å². The van der Waals surface area contributed by atoms with Crippen LogP contribution in [0.4, 0.5) is 10.1 Å². The maximum Gasteiger partial charge on any atom is 0.250 e. The van der Waals surface area contributed by atoms with Crippen LogP contribution in [0.3, 0.4) is 0 Å². The van der Waals surface area contributed by atoms with Crippen LogP contribution in [0.25, 0.3) is 22.5 Å². The van der Waals surface area contributed by atoms with Crippen LogP contribution in [0.5, 0.6) is 0 Å². The molecule has 0 unspecified atom stereocenters. The molecule has 0 spiro atoms. The fraction of sp³-hybridized carbons (Fsp3) is 0.0909. The third-order valence-corrected chi connectivity index (χ3v) is 4.10. The van der Waals surface area contributed by atoms with Crippen molar-refractivity contribution in [3.63, 3.8) is 0 Å². The minimum atomic E-state index is -0.273. The molecule has 0 fully saturated rings. The first-order valence-corrected chi connectivity index (χ1v) is 8.34. The second-order valence-corrected chi connectivity index (χ2v) is 5.92. The molecule has 0 saturated heterocycles.